The van der Waals surface area contributed by atoms with Gasteiger partial charge in [0.15, 0.2) is 0 Å². The maximum absolute atomic E-state index is 5.12. The molecule has 0 spiro atoms. The van der Waals surface area contributed by atoms with Crippen LogP contribution in [-0.2, 0) is 0 Å². The van der Waals surface area contributed by atoms with Crippen LogP contribution < -0.4 is 11.3 Å². The average molecular weight is 255 g/mol. The molecule has 72 valence electrons. The van der Waals surface area contributed by atoms with Crippen LogP contribution in [-0.4, -0.2) is 10.1 Å². The van der Waals surface area contributed by atoms with E-state index in [0.29, 0.717) is 5.82 Å². The summed E-state index contributed by atoms with van der Waals surface area (Å²) in [6.07, 6.45) is 0. The first kappa shape index (κ1) is 9.17. The first-order valence-corrected chi connectivity index (χ1v) is 4.65. The second-order valence-electron chi connectivity index (χ2n) is 2.58. The molecule has 3 N–H and O–H groups in total. The highest BCUT2D eigenvalue weighted by atomic mass is 79.9. The largest absolute Gasteiger partial charge is 0.335 e. The average Bonchev–Trinajstić information content (AvgIpc) is 2.66. The third-order valence-electron chi connectivity index (χ3n) is 1.63. The Balaban J connectivity index is 2.39. The van der Waals surface area contributed by atoms with Gasteiger partial charge in [-0.2, -0.15) is 4.98 Å². The lowest BCUT2D eigenvalue weighted by Crippen LogP contribution is -2.06. The molecule has 0 unspecified atom stereocenters. The zero-order valence-electron chi connectivity index (χ0n) is 7.07. The highest BCUT2D eigenvalue weighted by molar-refractivity contribution is 9.10. The van der Waals surface area contributed by atoms with Gasteiger partial charge >= 0.3 is 6.01 Å². The van der Waals surface area contributed by atoms with E-state index in [2.05, 4.69) is 31.5 Å². The molecule has 0 saturated heterocycles. The molecule has 0 bridgehead atoms. The van der Waals surface area contributed by atoms with E-state index in [1.165, 1.54) is 0 Å². The first-order chi connectivity index (χ1) is 6.79. The number of hydrazine groups is 1. The van der Waals surface area contributed by atoms with Crippen LogP contribution in [0, 0.1) is 0 Å². The van der Waals surface area contributed by atoms with Gasteiger partial charge < -0.3 is 4.52 Å². The zero-order valence-corrected chi connectivity index (χ0v) is 8.65. The van der Waals surface area contributed by atoms with Gasteiger partial charge in [-0.3, -0.25) is 5.43 Å². The van der Waals surface area contributed by atoms with Crippen molar-refractivity contribution < 1.29 is 4.52 Å². The molecular weight excluding hydrogens is 248 g/mol. The van der Waals surface area contributed by atoms with Gasteiger partial charge in [0.25, 0.3) is 0 Å². The van der Waals surface area contributed by atoms with Gasteiger partial charge in [0, 0.05) is 10.0 Å². The Hall–Kier alpha value is -1.40. The number of nitrogens with zero attached hydrogens (tertiary/aromatic N) is 2. The van der Waals surface area contributed by atoms with Crippen LogP contribution in [0.5, 0.6) is 0 Å². The molecule has 0 fully saturated rings. The quantitative estimate of drug-likeness (QED) is 0.631. The van der Waals surface area contributed by atoms with Crippen molar-refractivity contribution in [2.45, 2.75) is 0 Å². The number of aromatic nitrogens is 2. The van der Waals surface area contributed by atoms with E-state index < -0.39 is 0 Å². The zero-order chi connectivity index (χ0) is 9.97. The fourth-order valence-corrected chi connectivity index (χ4v) is 1.43. The molecule has 1 heterocycles. The summed E-state index contributed by atoms with van der Waals surface area (Å²) in [5.41, 5.74) is 3.15. The van der Waals surface area contributed by atoms with Gasteiger partial charge in [-0.25, -0.2) is 5.84 Å². The predicted molar refractivity (Wildman–Crippen MR) is 55.2 cm³/mol. The van der Waals surface area contributed by atoms with Crippen molar-refractivity contribution >= 4 is 21.9 Å². The van der Waals surface area contributed by atoms with Gasteiger partial charge in [-0.05, 0) is 12.1 Å². The van der Waals surface area contributed by atoms with Crippen LogP contribution in [0.1, 0.15) is 0 Å². The maximum Gasteiger partial charge on any atom is 0.335 e. The second-order valence-corrected chi connectivity index (χ2v) is 3.49. The van der Waals surface area contributed by atoms with Crippen molar-refractivity contribution in [1.82, 2.24) is 10.1 Å². The highest BCUT2D eigenvalue weighted by Gasteiger charge is 2.06. The van der Waals surface area contributed by atoms with Crippen LogP contribution >= 0.6 is 15.9 Å². The van der Waals surface area contributed by atoms with Crippen LogP contribution in [0.15, 0.2) is 33.3 Å². The van der Waals surface area contributed by atoms with Crippen LogP contribution in [0.4, 0.5) is 6.01 Å². The molecule has 0 aliphatic carbocycles. The van der Waals surface area contributed by atoms with Gasteiger partial charge in [0.1, 0.15) is 0 Å². The summed E-state index contributed by atoms with van der Waals surface area (Å²) >= 11 is 3.36. The lowest BCUT2D eigenvalue weighted by molar-refractivity contribution is 0.432. The molecule has 2 rings (SSSR count). The molecular formula is C8H7BrN4O. The van der Waals surface area contributed by atoms with Gasteiger partial charge in [0.2, 0.25) is 5.82 Å². The van der Waals surface area contributed by atoms with E-state index in [1.807, 2.05) is 24.3 Å². The van der Waals surface area contributed by atoms with Crippen molar-refractivity contribution in [3.8, 4) is 11.4 Å². The molecule has 0 aliphatic heterocycles. The Morgan fingerprint density at radius 1 is 1.43 bits per heavy atom. The Kier molecular flexibility index (Phi) is 2.47. The van der Waals surface area contributed by atoms with E-state index in [9.17, 15) is 0 Å². The number of benzene rings is 1. The number of nitrogen functional groups attached to an aromatic ring is 1. The van der Waals surface area contributed by atoms with Crippen molar-refractivity contribution in [3.05, 3.63) is 28.7 Å². The van der Waals surface area contributed by atoms with Crippen molar-refractivity contribution in [1.29, 1.82) is 0 Å². The SMILES string of the molecule is NNc1nc(-c2cccc(Br)c2)no1. The van der Waals surface area contributed by atoms with Crippen molar-refractivity contribution in [2.24, 2.45) is 5.84 Å². The van der Waals surface area contributed by atoms with Crippen molar-refractivity contribution in [2.75, 3.05) is 5.43 Å². The van der Waals surface area contributed by atoms with E-state index in [1.54, 1.807) is 0 Å². The van der Waals surface area contributed by atoms with Crippen LogP contribution in [0.3, 0.4) is 0 Å². The Morgan fingerprint density at radius 3 is 2.93 bits per heavy atom. The Bertz CT molecular complexity index is 442. The summed E-state index contributed by atoms with van der Waals surface area (Å²) in [6, 6.07) is 7.79. The molecule has 1 aromatic carbocycles. The molecule has 1 aromatic heterocycles. The first-order valence-electron chi connectivity index (χ1n) is 3.86. The summed E-state index contributed by atoms with van der Waals surface area (Å²) in [4.78, 5) is 4.01. The molecule has 0 atom stereocenters. The molecule has 6 heteroatoms. The minimum atomic E-state index is 0.194. The number of halogens is 1. The van der Waals surface area contributed by atoms with Gasteiger partial charge in [0.05, 0.1) is 0 Å². The van der Waals surface area contributed by atoms with Gasteiger partial charge in [-0.15, -0.1) is 0 Å². The maximum atomic E-state index is 5.12. The predicted octanol–water partition coefficient (Wildman–Crippen LogP) is 1.78. The number of hydrogen-bond donors (Lipinski definition) is 2. The number of rotatable bonds is 2. The normalized spacial score (nSPS) is 10.1. The van der Waals surface area contributed by atoms with Crippen LogP contribution in [0.2, 0.25) is 0 Å². The lowest BCUT2D eigenvalue weighted by Gasteiger charge is -1.93. The number of nitrogens with one attached hydrogen (secondary N) is 1. The Morgan fingerprint density at radius 2 is 2.29 bits per heavy atom. The fraction of sp³-hybridized carbons (Fsp3) is 0. The number of hydrogen-bond acceptors (Lipinski definition) is 5. The monoisotopic (exact) mass is 254 g/mol. The molecule has 0 saturated carbocycles. The summed E-state index contributed by atoms with van der Waals surface area (Å²) in [6.45, 7) is 0. The third-order valence-corrected chi connectivity index (χ3v) is 2.13. The minimum Gasteiger partial charge on any atom is -0.314 e. The molecule has 14 heavy (non-hydrogen) atoms. The fourth-order valence-electron chi connectivity index (χ4n) is 1.03. The second kappa shape index (κ2) is 3.77. The third kappa shape index (κ3) is 1.75. The standard InChI is InChI=1S/C8H7BrN4O/c9-6-3-1-2-5(4-6)7-11-8(12-10)14-13-7/h1-4H,10H2,(H,11,12,13). The smallest absolute Gasteiger partial charge is 0.314 e. The number of anilines is 1. The van der Waals surface area contributed by atoms with Gasteiger partial charge in [-0.1, -0.05) is 33.2 Å². The summed E-state index contributed by atoms with van der Waals surface area (Å²) in [5, 5.41) is 3.75. The topological polar surface area (TPSA) is 77.0 Å². The van der Waals surface area contributed by atoms with Crippen LogP contribution in [0.25, 0.3) is 11.4 Å². The van der Waals surface area contributed by atoms with Crippen molar-refractivity contribution in [3.63, 3.8) is 0 Å². The summed E-state index contributed by atoms with van der Waals surface area (Å²) in [7, 11) is 0. The minimum absolute atomic E-state index is 0.194. The van der Waals surface area contributed by atoms with E-state index in [-0.39, 0.29) is 6.01 Å². The molecule has 0 aliphatic rings. The highest BCUT2D eigenvalue weighted by Crippen LogP contribution is 2.20. The Labute approximate surface area is 88.4 Å². The molecule has 0 radical (unpaired) electrons. The van der Waals surface area contributed by atoms with E-state index in [4.69, 9.17) is 10.4 Å². The summed E-state index contributed by atoms with van der Waals surface area (Å²) in [5.74, 6) is 5.61. The molecule has 0 amide bonds. The number of nitrogens with two attached hydrogens (primary N) is 1. The van der Waals surface area contributed by atoms with E-state index in [0.717, 1.165) is 10.0 Å². The summed E-state index contributed by atoms with van der Waals surface area (Å²) < 4.78 is 5.76. The lowest BCUT2D eigenvalue weighted by atomic mass is 10.2. The van der Waals surface area contributed by atoms with E-state index >= 15 is 0 Å². The molecule has 2 aromatic rings. The molecule has 5 nitrogen and oxygen atoms in total.